The zero-order chi connectivity index (χ0) is 10.6. The van der Waals surface area contributed by atoms with Crippen LogP contribution in [0, 0.1) is 0 Å². The molecule has 1 aromatic rings. The minimum atomic E-state index is -0.477. The summed E-state index contributed by atoms with van der Waals surface area (Å²) in [7, 11) is 1.60. The molecule has 1 rings (SSSR count). The second kappa shape index (κ2) is 4.58. The van der Waals surface area contributed by atoms with Gasteiger partial charge in [0.15, 0.2) is 0 Å². The van der Waals surface area contributed by atoms with Crippen LogP contribution in [0.4, 0.5) is 0 Å². The molecule has 0 saturated carbocycles. The first-order valence-electron chi connectivity index (χ1n) is 4.81. The predicted octanol–water partition coefficient (Wildman–Crippen LogP) is 1.97. The first kappa shape index (κ1) is 11.2. The first-order valence-corrected chi connectivity index (χ1v) is 4.81. The highest BCUT2D eigenvalue weighted by atomic mass is 16.5. The summed E-state index contributed by atoms with van der Waals surface area (Å²) < 4.78 is 4.96. The third-order valence-electron chi connectivity index (χ3n) is 2.68. The molecule has 1 unspecified atom stereocenters. The summed E-state index contributed by atoms with van der Waals surface area (Å²) in [4.78, 5) is 0. The van der Waals surface area contributed by atoms with E-state index in [0.29, 0.717) is 6.61 Å². The highest BCUT2D eigenvalue weighted by Crippen LogP contribution is 2.26. The van der Waals surface area contributed by atoms with Crippen LogP contribution in [0.2, 0.25) is 0 Å². The summed E-state index contributed by atoms with van der Waals surface area (Å²) in [6.07, 6.45) is -0.477. The van der Waals surface area contributed by atoms with Crippen LogP contribution in [0.5, 0.6) is 0 Å². The fraction of sp³-hybridized carbons (Fsp3) is 0.500. The predicted molar refractivity (Wildman–Crippen MR) is 57.4 cm³/mol. The number of aliphatic hydroxyl groups excluding tert-OH is 1. The number of hydrogen-bond acceptors (Lipinski definition) is 2. The highest BCUT2D eigenvalue weighted by Gasteiger charge is 2.29. The molecule has 0 aromatic heterocycles. The summed E-state index contributed by atoms with van der Waals surface area (Å²) in [5, 5.41) is 9.91. The van der Waals surface area contributed by atoms with Gasteiger partial charge < -0.3 is 9.84 Å². The summed E-state index contributed by atoms with van der Waals surface area (Å²) >= 11 is 0. The standard InChI is InChI=1S/C12H18O2/c1-12(2,11(13)9-14-3)10-7-5-4-6-8-10/h4-8,11,13H,9H2,1-3H3. The van der Waals surface area contributed by atoms with Gasteiger partial charge in [-0.05, 0) is 5.56 Å². The number of aliphatic hydroxyl groups is 1. The van der Waals surface area contributed by atoms with E-state index >= 15 is 0 Å². The molecule has 0 heterocycles. The molecule has 2 heteroatoms. The lowest BCUT2D eigenvalue weighted by molar-refractivity contribution is 0.0202. The Bertz CT molecular complexity index is 267. The van der Waals surface area contributed by atoms with Crippen LogP contribution in [0.3, 0.4) is 0 Å². The smallest absolute Gasteiger partial charge is 0.0864 e. The minimum Gasteiger partial charge on any atom is -0.390 e. The van der Waals surface area contributed by atoms with Crippen LogP contribution in [0.1, 0.15) is 19.4 Å². The molecule has 14 heavy (non-hydrogen) atoms. The van der Waals surface area contributed by atoms with Crippen molar-refractivity contribution in [1.82, 2.24) is 0 Å². The van der Waals surface area contributed by atoms with Gasteiger partial charge in [0, 0.05) is 12.5 Å². The molecule has 0 spiro atoms. The third kappa shape index (κ3) is 2.34. The first-order chi connectivity index (χ1) is 6.59. The number of hydrogen-bond donors (Lipinski definition) is 1. The second-order valence-electron chi connectivity index (χ2n) is 4.06. The van der Waals surface area contributed by atoms with Crippen molar-refractivity contribution >= 4 is 0 Å². The van der Waals surface area contributed by atoms with Gasteiger partial charge in [0.05, 0.1) is 12.7 Å². The lowest BCUT2D eigenvalue weighted by atomic mass is 9.80. The third-order valence-corrected chi connectivity index (χ3v) is 2.68. The molecule has 78 valence electrons. The Kier molecular flexibility index (Phi) is 3.67. The molecule has 0 aliphatic rings. The van der Waals surface area contributed by atoms with Crippen molar-refractivity contribution < 1.29 is 9.84 Å². The van der Waals surface area contributed by atoms with Crippen LogP contribution in [-0.4, -0.2) is 24.9 Å². The van der Waals surface area contributed by atoms with Crippen molar-refractivity contribution in [2.24, 2.45) is 0 Å². The van der Waals surface area contributed by atoms with Crippen molar-refractivity contribution in [2.45, 2.75) is 25.4 Å². The van der Waals surface area contributed by atoms with E-state index in [9.17, 15) is 5.11 Å². The van der Waals surface area contributed by atoms with Crippen LogP contribution >= 0.6 is 0 Å². The normalized spacial score (nSPS) is 14.0. The zero-order valence-corrected chi connectivity index (χ0v) is 9.03. The molecule has 0 aliphatic heterocycles. The van der Waals surface area contributed by atoms with Gasteiger partial charge in [-0.25, -0.2) is 0 Å². The molecule has 0 saturated heterocycles. The summed E-state index contributed by atoms with van der Waals surface area (Å²) in [5.74, 6) is 0. The van der Waals surface area contributed by atoms with Crippen molar-refractivity contribution in [3.63, 3.8) is 0 Å². The second-order valence-corrected chi connectivity index (χ2v) is 4.06. The number of benzene rings is 1. The average molecular weight is 194 g/mol. The molecule has 1 N–H and O–H groups in total. The van der Waals surface area contributed by atoms with Crippen LogP contribution in [0.25, 0.3) is 0 Å². The zero-order valence-electron chi connectivity index (χ0n) is 9.03. The van der Waals surface area contributed by atoms with Gasteiger partial charge >= 0.3 is 0 Å². The Labute approximate surface area is 85.5 Å². The van der Waals surface area contributed by atoms with E-state index in [1.807, 2.05) is 44.2 Å². The van der Waals surface area contributed by atoms with E-state index in [-0.39, 0.29) is 5.41 Å². The van der Waals surface area contributed by atoms with Gasteiger partial charge in [0.2, 0.25) is 0 Å². The Morgan fingerprint density at radius 3 is 2.36 bits per heavy atom. The van der Waals surface area contributed by atoms with Gasteiger partial charge in [-0.3, -0.25) is 0 Å². The number of methoxy groups -OCH3 is 1. The molecule has 0 radical (unpaired) electrons. The SMILES string of the molecule is COCC(O)C(C)(C)c1ccccc1. The Hall–Kier alpha value is -0.860. The van der Waals surface area contributed by atoms with Crippen LogP contribution in [0.15, 0.2) is 30.3 Å². The maximum absolute atomic E-state index is 9.91. The van der Waals surface area contributed by atoms with Gasteiger partial charge in [-0.15, -0.1) is 0 Å². The van der Waals surface area contributed by atoms with Crippen molar-refractivity contribution in [3.05, 3.63) is 35.9 Å². The van der Waals surface area contributed by atoms with E-state index in [0.717, 1.165) is 5.56 Å². The van der Waals surface area contributed by atoms with Crippen LogP contribution < -0.4 is 0 Å². The molecule has 0 amide bonds. The number of ether oxygens (including phenoxy) is 1. The Balaban J connectivity index is 2.84. The van der Waals surface area contributed by atoms with E-state index in [4.69, 9.17) is 4.74 Å². The fourth-order valence-electron chi connectivity index (χ4n) is 1.43. The largest absolute Gasteiger partial charge is 0.390 e. The van der Waals surface area contributed by atoms with E-state index in [1.165, 1.54) is 0 Å². The van der Waals surface area contributed by atoms with Gasteiger partial charge in [-0.1, -0.05) is 44.2 Å². The molecule has 2 nitrogen and oxygen atoms in total. The summed E-state index contributed by atoms with van der Waals surface area (Å²) in [6, 6.07) is 9.99. The fourth-order valence-corrected chi connectivity index (χ4v) is 1.43. The average Bonchev–Trinajstić information content (AvgIpc) is 2.19. The monoisotopic (exact) mass is 194 g/mol. The molecule has 0 fully saturated rings. The molecular formula is C12H18O2. The van der Waals surface area contributed by atoms with Gasteiger partial charge in [-0.2, -0.15) is 0 Å². The van der Waals surface area contributed by atoms with E-state index in [1.54, 1.807) is 7.11 Å². The molecular weight excluding hydrogens is 176 g/mol. The Morgan fingerprint density at radius 1 is 1.29 bits per heavy atom. The highest BCUT2D eigenvalue weighted by molar-refractivity contribution is 5.24. The van der Waals surface area contributed by atoms with Crippen molar-refractivity contribution in [2.75, 3.05) is 13.7 Å². The minimum absolute atomic E-state index is 0.267. The van der Waals surface area contributed by atoms with Gasteiger partial charge in [0.1, 0.15) is 0 Å². The molecule has 1 atom stereocenters. The Morgan fingerprint density at radius 2 is 1.86 bits per heavy atom. The van der Waals surface area contributed by atoms with Crippen molar-refractivity contribution in [3.8, 4) is 0 Å². The van der Waals surface area contributed by atoms with Crippen LogP contribution in [-0.2, 0) is 10.2 Å². The lowest BCUT2D eigenvalue weighted by Crippen LogP contribution is -2.36. The van der Waals surface area contributed by atoms with E-state index < -0.39 is 6.10 Å². The molecule has 0 bridgehead atoms. The van der Waals surface area contributed by atoms with Gasteiger partial charge in [0.25, 0.3) is 0 Å². The summed E-state index contributed by atoms with van der Waals surface area (Å²) in [6.45, 7) is 4.40. The number of rotatable bonds is 4. The topological polar surface area (TPSA) is 29.5 Å². The molecule has 0 aliphatic carbocycles. The summed E-state index contributed by atoms with van der Waals surface area (Å²) in [5.41, 5.74) is 0.863. The van der Waals surface area contributed by atoms with E-state index in [2.05, 4.69) is 0 Å². The quantitative estimate of drug-likeness (QED) is 0.794. The van der Waals surface area contributed by atoms with Crippen molar-refractivity contribution in [1.29, 1.82) is 0 Å². The lowest BCUT2D eigenvalue weighted by Gasteiger charge is -2.30. The molecule has 1 aromatic carbocycles. The maximum Gasteiger partial charge on any atom is 0.0864 e. The maximum atomic E-state index is 9.91.